The first-order valence-electron chi connectivity index (χ1n) is 10.5. The van der Waals surface area contributed by atoms with E-state index in [1.54, 1.807) is 0 Å². The summed E-state index contributed by atoms with van der Waals surface area (Å²) >= 11 is 0. The van der Waals surface area contributed by atoms with Gasteiger partial charge in [0.05, 0.1) is 5.69 Å². The third-order valence-corrected chi connectivity index (χ3v) is 6.57. The summed E-state index contributed by atoms with van der Waals surface area (Å²) in [4.78, 5) is 24.0. The number of hydrogen-bond donors (Lipinski definition) is 1. The Bertz CT molecular complexity index is 1020. The van der Waals surface area contributed by atoms with Crippen molar-refractivity contribution in [2.45, 2.75) is 38.1 Å². The number of likely N-dealkylation sites (tertiary alicyclic amines) is 1. The molecule has 2 unspecified atom stereocenters. The molecular formula is C24H26N4O. The summed E-state index contributed by atoms with van der Waals surface area (Å²) < 4.78 is 0. The number of hydrogen-bond acceptors (Lipinski definition) is 4. The van der Waals surface area contributed by atoms with Crippen molar-refractivity contribution in [3.05, 3.63) is 53.6 Å². The summed E-state index contributed by atoms with van der Waals surface area (Å²) in [6, 6.07) is 14.1. The average molecular weight is 386 g/mol. The fourth-order valence-corrected chi connectivity index (χ4v) is 4.59. The van der Waals surface area contributed by atoms with Crippen molar-refractivity contribution in [1.29, 1.82) is 0 Å². The van der Waals surface area contributed by atoms with E-state index in [0.29, 0.717) is 11.8 Å². The van der Waals surface area contributed by atoms with E-state index in [9.17, 15) is 4.79 Å². The molecular weight excluding hydrogens is 360 g/mol. The quantitative estimate of drug-likeness (QED) is 0.860. The van der Waals surface area contributed by atoms with Crippen molar-refractivity contribution in [3.63, 3.8) is 0 Å². The molecule has 29 heavy (non-hydrogen) atoms. The van der Waals surface area contributed by atoms with Gasteiger partial charge in [-0.25, -0.2) is 4.99 Å². The standard InChI is InChI=1S/C24H26N4O/c1-2-20-14-24(20)23(25)27-21-13-18(9-10-19(21)15-26-24)16-5-7-17(8-6-16)22(29)28-11-3-4-12-28/h5-10,13,15,20H,2-4,11-12,14H2,1H3,(H2,25,27). The van der Waals surface area contributed by atoms with E-state index in [0.717, 1.165) is 66.7 Å². The number of carbonyl (C=O) groups is 1. The van der Waals surface area contributed by atoms with Crippen molar-refractivity contribution in [1.82, 2.24) is 4.90 Å². The first kappa shape index (κ1) is 18.1. The molecule has 0 radical (unpaired) electrons. The zero-order valence-corrected chi connectivity index (χ0v) is 16.8. The van der Waals surface area contributed by atoms with Gasteiger partial charge in [-0.05, 0) is 54.5 Å². The fraction of sp³-hybridized carbons (Fsp3) is 0.375. The normalized spacial score (nSPS) is 24.9. The molecule has 2 fully saturated rings. The molecule has 2 aliphatic heterocycles. The summed E-state index contributed by atoms with van der Waals surface area (Å²) in [6.07, 6.45) is 6.19. The lowest BCUT2D eigenvalue weighted by molar-refractivity contribution is 0.0793. The molecule has 5 rings (SSSR count). The van der Waals surface area contributed by atoms with Gasteiger partial charge < -0.3 is 10.6 Å². The van der Waals surface area contributed by atoms with Gasteiger partial charge in [0.25, 0.3) is 5.91 Å². The Morgan fingerprint density at radius 3 is 2.55 bits per heavy atom. The molecule has 1 saturated heterocycles. The van der Waals surface area contributed by atoms with Gasteiger partial charge in [0.1, 0.15) is 11.4 Å². The minimum absolute atomic E-state index is 0.129. The summed E-state index contributed by atoms with van der Waals surface area (Å²) in [7, 11) is 0. The van der Waals surface area contributed by atoms with Crippen molar-refractivity contribution in [2.24, 2.45) is 21.6 Å². The van der Waals surface area contributed by atoms with E-state index in [4.69, 9.17) is 15.7 Å². The van der Waals surface area contributed by atoms with Crippen LogP contribution >= 0.6 is 0 Å². The monoisotopic (exact) mass is 386 g/mol. The van der Waals surface area contributed by atoms with E-state index in [1.165, 1.54) is 0 Å². The van der Waals surface area contributed by atoms with E-state index < -0.39 is 0 Å². The highest BCUT2D eigenvalue weighted by molar-refractivity contribution is 6.02. The molecule has 2 aromatic rings. The molecule has 2 N–H and O–H groups in total. The minimum Gasteiger partial charge on any atom is -0.385 e. The van der Waals surface area contributed by atoms with E-state index >= 15 is 0 Å². The van der Waals surface area contributed by atoms with Crippen LogP contribution in [0.5, 0.6) is 0 Å². The Labute approximate surface area is 171 Å². The first-order valence-corrected chi connectivity index (χ1v) is 10.5. The lowest BCUT2D eigenvalue weighted by Gasteiger charge is -2.15. The number of amides is 1. The van der Waals surface area contributed by atoms with Gasteiger partial charge in [0.15, 0.2) is 0 Å². The molecule has 1 spiro atoms. The minimum atomic E-state index is -0.286. The zero-order valence-electron chi connectivity index (χ0n) is 16.8. The number of aliphatic imine (C=N–C) groups is 2. The Morgan fingerprint density at radius 2 is 1.86 bits per heavy atom. The molecule has 1 saturated carbocycles. The fourth-order valence-electron chi connectivity index (χ4n) is 4.59. The third kappa shape index (κ3) is 3.05. The Balaban J connectivity index is 1.42. The summed E-state index contributed by atoms with van der Waals surface area (Å²) in [5, 5.41) is 0. The van der Waals surface area contributed by atoms with Crippen molar-refractivity contribution < 1.29 is 4.79 Å². The van der Waals surface area contributed by atoms with Crippen LogP contribution in [0.2, 0.25) is 0 Å². The molecule has 1 aliphatic carbocycles. The second kappa shape index (κ2) is 6.83. The van der Waals surface area contributed by atoms with E-state index in [-0.39, 0.29) is 11.4 Å². The molecule has 1 amide bonds. The Morgan fingerprint density at radius 1 is 1.14 bits per heavy atom. The number of benzene rings is 2. The molecule has 5 nitrogen and oxygen atoms in total. The van der Waals surface area contributed by atoms with Crippen LogP contribution in [0.4, 0.5) is 5.69 Å². The Hall–Kier alpha value is -2.95. The Kier molecular flexibility index (Phi) is 4.26. The third-order valence-electron chi connectivity index (χ3n) is 6.57. The summed E-state index contributed by atoms with van der Waals surface area (Å²) in [6.45, 7) is 3.91. The van der Waals surface area contributed by atoms with E-state index in [1.807, 2.05) is 35.4 Å². The van der Waals surface area contributed by atoms with Crippen LogP contribution in [0.25, 0.3) is 11.1 Å². The SMILES string of the molecule is CCC1CC12N=Cc1ccc(-c3ccc(C(=O)N4CCCC4)cc3)cc1N=C2N. The number of amidine groups is 1. The molecule has 2 aromatic carbocycles. The molecule has 2 heterocycles. The number of nitrogens with zero attached hydrogens (tertiary/aromatic N) is 3. The van der Waals surface area contributed by atoms with Gasteiger partial charge in [-0.1, -0.05) is 37.6 Å². The van der Waals surface area contributed by atoms with Gasteiger partial charge >= 0.3 is 0 Å². The average Bonchev–Trinajstić information content (AvgIpc) is 3.26. The van der Waals surface area contributed by atoms with Crippen molar-refractivity contribution in [3.8, 4) is 11.1 Å². The molecule has 2 atom stereocenters. The number of fused-ring (bicyclic) bond motifs is 1. The topological polar surface area (TPSA) is 71.0 Å². The number of nitrogens with two attached hydrogens (primary N) is 1. The summed E-state index contributed by atoms with van der Waals surface area (Å²) in [5.41, 5.74) is 10.8. The lowest BCUT2D eigenvalue weighted by Crippen LogP contribution is -2.30. The zero-order chi connectivity index (χ0) is 20.0. The molecule has 0 aromatic heterocycles. The van der Waals surface area contributed by atoms with E-state index in [2.05, 4.69) is 25.1 Å². The maximum absolute atomic E-state index is 12.6. The van der Waals surface area contributed by atoms with Gasteiger partial charge in [-0.2, -0.15) is 0 Å². The lowest BCUT2D eigenvalue weighted by atomic mass is 10.0. The maximum atomic E-state index is 12.6. The predicted molar refractivity (Wildman–Crippen MR) is 117 cm³/mol. The summed E-state index contributed by atoms with van der Waals surface area (Å²) in [5.74, 6) is 1.25. The van der Waals surface area contributed by atoms with Crippen LogP contribution in [0.1, 0.15) is 48.5 Å². The van der Waals surface area contributed by atoms with Crippen LogP contribution in [-0.4, -0.2) is 41.5 Å². The van der Waals surface area contributed by atoms with Crippen LogP contribution in [0, 0.1) is 5.92 Å². The van der Waals surface area contributed by atoms with Crippen LogP contribution in [0.3, 0.4) is 0 Å². The highest BCUT2D eigenvalue weighted by atomic mass is 16.2. The van der Waals surface area contributed by atoms with Gasteiger partial charge in [0, 0.05) is 30.4 Å². The first-order chi connectivity index (χ1) is 14.1. The second-order valence-corrected chi connectivity index (χ2v) is 8.34. The van der Waals surface area contributed by atoms with Crippen LogP contribution in [0.15, 0.2) is 52.4 Å². The van der Waals surface area contributed by atoms with Gasteiger partial charge in [-0.3, -0.25) is 9.79 Å². The maximum Gasteiger partial charge on any atom is 0.253 e. The molecule has 148 valence electrons. The van der Waals surface area contributed by atoms with Gasteiger partial charge in [0.2, 0.25) is 0 Å². The predicted octanol–water partition coefficient (Wildman–Crippen LogP) is 4.18. The largest absolute Gasteiger partial charge is 0.385 e. The van der Waals surface area contributed by atoms with Crippen LogP contribution in [-0.2, 0) is 0 Å². The van der Waals surface area contributed by atoms with Crippen LogP contribution < -0.4 is 5.73 Å². The van der Waals surface area contributed by atoms with Crippen molar-refractivity contribution in [2.75, 3.05) is 13.1 Å². The van der Waals surface area contributed by atoms with Crippen molar-refractivity contribution >= 4 is 23.6 Å². The number of rotatable bonds is 3. The second-order valence-electron chi connectivity index (χ2n) is 8.34. The molecule has 0 bridgehead atoms. The molecule has 5 heteroatoms. The molecule has 3 aliphatic rings. The number of carbonyl (C=O) groups excluding carboxylic acids is 1. The highest BCUT2D eigenvalue weighted by Gasteiger charge is 2.56. The smallest absolute Gasteiger partial charge is 0.253 e. The van der Waals surface area contributed by atoms with Gasteiger partial charge in [-0.15, -0.1) is 0 Å². The highest BCUT2D eigenvalue weighted by Crippen LogP contribution is 2.50.